The first kappa shape index (κ1) is 15.0. The number of rotatable bonds is 5. The van der Waals surface area contributed by atoms with Crippen molar-refractivity contribution in [1.29, 1.82) is 0 Å². The molecule has 0 aliphatic heterocycles. The van der Waals surface area contributed by atoms with Gasteiger partial charge < -0.3 is 5.32 Å². The van der Waals surface area contributed by atoms with Crippen LogP contribution in [0.15, 0.2) is 54.6 Å². The fourth-order valence-corrected chi connectivity index (χ4v) is 1.71. The molecule has 8 nitrogen and oxygen atoms in total. The van der Waals surface area contributed by atoms with E-state index in [1.54, 1.807) is 30.3 Å². The molecule has 2 N–H and O–H groups in total. The van der Waals surface area contributed by atoms with Gasteiger partial charge in [0.15, 0.2) is 0 Å². The molecule has 0 spiro atoms. The Labute approximate surface area is 125 Å². The van der Waals surface area contributed by atoms with Gasteiger partial charge in [-0.1, -0.05) is 24.3 Å². The van der Waals surface area contributed by atoms with Crippen molar-refractivity contribution in [2.75, 3.05) is 10.3 Å². The Morgan fingerprint density at radius 3 is 2.50 bits per heavy atom. The van der Waals surface area contributed by atoms with Crippen LogP contribution in [0.2, 0.25) is 0 Å². The van der Waals surface area contributed by atoms with Crippen molar-refractivity contribution in [1.82, 2.24) is 5.43 Å². The molecule has 0 fully saturated rings. The van der Waals surface area contributed by atoms with Crippen molar-refractivity contribution in [2.45, 2.75) is 0 Å². The maximum atomic E-state index is 11.8. The Kier molecular flexibility index (Phi) is 4.66. The summed E-state index contributed by atoms with van der Waals surface area (Å²) in [6.07, 6.45) is 0.447. The van der Waals surface area contributed by atoms with Gasteiger partial charge in [-0.15, -0.1) is 0 Å². The molecular formula is C14H12N4O4. The number of nitrogens with one attached hydrogen (secondary N) is 2. The first-order valence-corrected chi connectivity index (χ1v) is 6.22. The lowest BCUT2D eigenvalue weighted by atomic mass is 10.3. The van der Waals surface area contributed by atoms with Crippen LogP contribution in [0.4, 0.5) is 21.9 Å². The number of hydrazine groups is 1. The van der Waals surface area contributed by atoms with E-state index in [2.05, 4.69) is 10.7 Å². The number of nitrogens with zero attached hydrogens (tertiary/aromatic N) is 2. The first-order chi connectivity index (χ1) is 10.6. The van der Waals surface area contributed by atoms with Crippen molar-refractivity contribution in [3.63, 3.8) is 0 Å². The van der Waals surface area contributed by atoms with Gasteiger partial charge in [0.2, 0.25) is 6.41 Å². The number of nitro benzene ring substituents is 1. The molecule has 0 aromatic heterocycles. The molecule has 22 heavy (non-hydrogen) atoms. The number of benzene rings is 2. The summed E-state index contributed by atoms with van der Waals surface area (Å²) >= 11 is 0. The van der Waals surface area contributed by atoms with Crippen LogP contribution in [0.5, 0.6) is 0 Å². The number of carbonyl (C=O) groups is 2. The van der Waals surface area contributed by atoms with Gasteiger partial charge in [-0.05, 0) is 18.2 Å². The van der Waals surface area contributed by atoms with Gasteiger partial charge in [-0.25, -0.2) is 15.2 Å². The zero-order valence-electron chi connectivity index (χ0n) is 11.3. The Bertz CT molecular complexity index is 690. The van der Waals surface area contributed by atoms with E-state index in [1.165, 1.54) is 24.3 Å². The van der Waals surface area contributed by atoms with Gasteiger partial charge in [0.25, 0.3) is 5.69 Å². The van der Waals surface area contributed by atoms with E-state index in [9.17, 15) is 19.7 Å². The Hall–Kier alpha value is -3.42. The summed E-state index contributed by atoms with van der Waals surface area (Å²) in [4.78, 5) is 33.0. The molecular weight excluding hydrogens is 288 g/mol. The number of amides is 3. The topological polar surface area (TPSA) is 105 Å². The number of carbonyl (C=O) groups excluding carboxylic acids is 2. The Balaban J connectivity index is 2.04. The van der Waals surface area contributed by atoms with Gasteiger partial charge in [0.1, 0.15) is 0 Å². The smallest absolute Gasteiger partial charge is 0.306 e. The molecule has 0 radical (unpaired) electrons. The van der Waals surface area contributed by atoms with Crippen LogP contribution in [0, 0.1) is 10.1 Å². The molecule has 112 valence electrons. The van der Waals surface area contributed by atoms with Gasteiger partial charge in [-0.3, -0.25) is 14.9 Å². The van der Waals surface area contributed by atoms with E-state index in [4.69, 9.17) is 0 Å². The molecule has 0 aliphatic carbocycles. The minimum atomic E-state index is -0.698. The van der Waals surface area contributed by atoms with Gasteiger partial charge in [0.05, 0.1) is 10.6 Å². The normalized spacial score (nSPS) is 9.64. The summed E-state index contributed by atoms with van der Waals surface area (Å²) in [6.45, 7) is 0. The molecule has 0 bridgehead atoms. The van der Waals surface area contributed by atoms with E-state index < -0.39 is 11.0 Å². The van der Waals surface area contributed by atoms with Crippen molar-refractivity contribution >= 4 is 29.5 Å². The number of non-ortho nitro benzene ring substituents is 1. The van der Waals surface area contributed by atoms with Crippen LogP contribution >= 0.6 is 0 Å². The van der Waals surface area contributed by atoms with Crippen LogP contribution < -0.4 is 15.8 Å². The molecule has 2 rings (SSSR count). The van der Waals surface area contributed by atoms with Crippen LogP contribution in [-0.4, -0.2) is 17.4 Å². The third kappa shape index (κ3) is 3.79. The molecule has 2 aromatic rings. The number of hydrogen-bond acceptors (Lipinski definition) is 4. The largest absolute Gasteiger partial charge is 0.338 e. The van der Waals surface area contributed by atoms with Crippen molar-refractivity contribution in [3.05, 3.63) is 64.7 Å². The van der Waals surface area contributed by atoms with Crippen LogP contribution in [-0.2, 0) is 4.79 Å². The number of para-hydroxylation sites is 1. The highest BCUT2D eigenvalue weighted by atomic mass is 16.6. The standard InChI is InChI=1S/C14H12N4O4/c19-10-17(12-6-2-1-3-7-12)16-14(20)15-11-5-4-8-13(9-11)18(21)22/h1-10H,(H2,15,16,20). The zero-order valence-corrected chi connectivity index (χ0v) is 11.3. The second-order valence-corrected chi connectivity index (χ2v) is 4.18. The molecule has 0 saturated heterocycles. The van der Waals surface area contributed by atoms with E-state index in [-0.39, 0.29) is 11.4 Å². The second-order valence-electron chi connectivity index (χ2n) is 4.18. The predicted octanol–water partition coefficient (Wildman–Crippen LogP) is 2.29. The third-order valence-corrected chi connectivity index (χ3v) is 2.68. The number of anilines is 2. The van der Waals surface area contributed by atoms with Crippen molar-refractivity contribution < 1.29 is 14.5 Å². The summed E-state index contributed by atoms with van der Waals surface area (Å²) in [5, 5.41) is 14.1. The average Bonchev–Trinajstić information content (AvgIpc) is 2.53. The SMILES string of the molecule is O=CN(NC(=O)Nc1cccc([N+](=O)[O-])c1)c1ccccc1. The lowest BCUT2D eigenvalue weighted by molar-refractivity contribution is -0.384. The fourth-order valence-electron chi connectivity index (χ4n) is 1.71. The van der Waals surface area contributed by atoms with Gasteiger partial charge in [-0.2, -0.15) is 0 Å². The highest BCUT2D eigenvalue weighted by Gasteiger charge is 2.11. The number of urea groups is 1. The summed E-state index contributed by atoms with van der Waals surface area (Å²) in [5.74, 6) is 0. The molecule has 0 atom stereocenters. The summed E-state index contributed by atoms with van der Waals surface area (Å²) in [7, 11) is 0. The van der Waals surface area contributed by atoms with Crippen LogP contribution in [0.25, 0.3) is 0 Å². The van der Waals surface area contributed by atoms with E-state index >= 15 is 0 Å². The zero-order chi connectivity index (χ0) is 15.9. The van der Waals surface area contributed by atoms with Crippen LogP contribution in [0.3, 0.4) is 0 Å². The molecule has 8 heteroatoms. The number of nitro groups is 1. The minimum absolute atomic E-state index is 0.145. The first-order valence-electron chi connectivity index (χ1n) is 6.22. The van der Waals surface area contributed by atoms with E-state index in [1.807, 2.05) is 0 Å². The average molecular weight is 300 g/mol. The quantitative estimate of drug-likeness (QED) is 0.502. The Morgan fingerprint density at radius 1 is 1.14 bits per heavy atom. The van der Waals surface area contributed by atoms with Gasteiger partial charge >= 0.3 is 6.03 Å². The van der Waals surface area contributed by atoms with E-state index in [0.29, 0.717) is 12.1 Å². The van der Waals surface area contributed by atoms with Crippen molar-refractivity contribution in [2.24, 2.45) is 0 Å². The lowest BCUT2D eigenvalue weighted by Gasteiger charge is -2.18. The fraction of sp³-hybridized carbons (Fsp3) is 0. The second kappa shape index (κ2) is 6.84. The molecule has 2 aromatic carbocycles. The lowest BCUT2D eigenvalue weighted by Crippen LogP contribution is -2.43. The van der Waals surface area contributed by atoms with Gasteiger partial charge in [0, 0.05) is 17.8 Å². The predicted molar refractivity (Wildman–Crippen MR) is 80.2 cm³/mol. The highest BCUT2D eigenvalue weighted by molar-refractivity contribution is 5.93. The third-order valence-electron chi connectivity index (χ3n) is 2.68. The maximum absolute atomic E-state index is 11.8. The monoisotopic (exact) mass is 300 g/mol. The molecule has 3 amide bonds. The molecule has 0 heterocycles. The summed E-state index contributed by atoms with van der Waals surface area (Å²) < 4.78 is 0. The summed E-state index contributed by atoms with van der Waals surface area (Å²) in [5.41, 5.74) is 2.90. The molecule has 0 aliphatic rings. The van der Waals surface area contributed by atoms with E-state index in [0.717, 1.165) is 5.01 Å². The van der Waals surface area contributed by atoms with Crippen LogP contribution in [0.1, 0.15) is 0 Å². The van der Waals surface area contributed by atoms with Crippen molar-refractivity contribution in [3.8, 4) is 0 Å². The molecule has 0 unspecified atom stereocenters. The summed E-state index contributed by atoms with van der Waals surface area (Å²) in [6, 6.07) is 13.3. The highest BCUT2D eigenvalue weighted by Crippen LogP contribution is 2.17. The minimum Gasteiger partial charge on any atom is -0.306 e. The Morgan fingerprint density at radius 2 is 1.86 bits per heavy atom. The molecule has 0 saturated carbocycles. The maximum Gasteiger partial charge on any atom is 0.338 e. The number of hydrogen-bond donors (Lipinski definition) is 2.